The molecule has 1 rings (SSSR count). The van der Waals surface area contributed by atoms with Crippen molar-refractivity contribution in [3.63, 3.8) is 0 Å². The van der Waals surface area contributed by atoms with Crippen molar-refractivity contribution in [1.82, 2.24) is 4.98 Å². The van der Waals surface area contributed by atoms with E-state index in [1.807, 2.05) is 18.3 Å². The van der Waals surface area contributed by atoms with Crippen molar-refractivity contribution in [1.29, 1.82) is 0 Å². The number of allylic oxidation sites excluding steroid dienone is 1. The lowest BCUT2D eigenvalue weighted by molar-refractivity contribution is -0.114. The van der Waals surface area contributed by atoms with Crippen molar-refractivity contribution in [3.8, 4) is 0 Å². The Balaban J connectivity index is 2.69. The minimum absolute atomic E-state index is 0.0572. The van der Waals surface area contributed by atoms with Gasteiger partial charge >= 0.3 is 0 Å². The SMILES string of the molecule is C=C(C)C(=O)Cc1ccc(CC)cn1. The Kier molecular flexibility index (Phi) is 3.57. The maximum atomic E-state index is 11.3. The van der Waals surface area contributed by atoms with Crippen LogP contribution in [-0.2, 0) is 17.6 Å². The van der Waals surface area contributed by atoms with Gasteiger partial charge in [0.2, 0.25) is 0 Å². The summed E-state index contributed by atoms with van der Waals surface area (Å²) in [7, 11) is 0. The van der Waals surface area contributed by atoms with Gasteiger partial charge in [-0.05, 0) is 30.5 Å². The van der Waals surface area contributed by atoms with Crippen molar-refractivity contribution < 1.29 is 4.79 Å². The fraction of sp³-hybridized carbons (Fsp3) is 0.333. The Hall–Kier alpha value is -1.44. The summed E-state index contributed by atoms with van der Waals surface area (Å²) in [5, 5.41) is 0. The average molecular weight is 189 g/mol. The van der Waals surface area contributed by atoms with E-state index in [9.17, 15) is 4.79 Å². The zero-order valence-corrected chi connectivity index (χ0v) is 8.71. The smallest absolute Gasteiger partial charge is 0.163 e. The number of nitrogens with zero attached hydrogens (tertiary/aromatic N) is 1. The number of ketones is 1. The highest BCUT2D eigenvalue weighted by Gasteiger charge is 2.04. The highest BCUT2D eigenvalue weighted by atomic mass is 16.1. The third kappa shape index (κ3) is 2.80. The standard InChI is InChI=1S/C12H15NO/c1-4-10-5-6-11(13-8-10)7-12(14)9(2)3/h5-6,8H,2,4,7H2,1,3H3. The van der Waals surface area contributed by atoms with Crippen LogP contribution in [0.5, 0.6) is 0 Å². The highest BCUT2D eigenvalue weighted by molar-refractivity contribution is 5.95. The first-order valence-corrected chi connectivity index (χ1v) is 4.76. The molecule has 0 amide bonds. The van der Waals surface area contributed by atoms with Crippen molar-refractivity contribution >= 4 is 5.78 Å². The molecule has 0 aliphatic carbocycles. The zero-order valence-electron chi connectivity index (χ0n) is 8.71. The molecule has 14 heavy (non-hydrogen) atoms. The lowest BCUT2D eigenvalue weighted by atomic mass is 10.1. The molecule has 0 unspecified atom stereocenters. The van der Waals surface area contributed by atoms with Gasteiger partial charge in [-0.1, -0.05) is 19.6 Å². The Morgan fingerprint density at radius 1 is 1.50 bits per heavy atom. The van der Waals surface area contributed by atoms with Crippen molar-refractivity contribution in [2.24, 2.45) is 0 Å². The Morgan fingerprint density at radius 2 is 2.21 bits per heavy atom. The highest BCUT2D eigenvalue weighted by Crippen LogP contribution is 2.04. The number of aryl methyl sites for hydroxylation is 1. The molecule has 1 aromatic heterocycles. The summed E-state index contributed by atoms with van der Waals surface area (Å²) in [4.78, 5) is 15.5. The summed E-state index contributed by atoms with van der Waals surface area (Å²) in [6.45, 7) is 7.41. The Bertz CT molecular complexity index is 338. The summed E-state index contributed by atoms with van der Waals surface area (Å²) in [5.41, 5.74) is 2.60. The average Bonchev–Trinajstić information content (AvgIpc) is 2.19. The van der Waals surface area contributed by atoms with Gasteiger partial charge in [0.15, 0.2) is 5.78 Å². The second-order valence-corrected chi connectivity index (χ2v) is 3.39. The van der Waals surface area contributed by atoms with Crippen LogP contribution in [0.1, 0.15) is 25.1 Å². The molecule has 2 nitrogen and oxygen atoms in total. The quantitative estimate of drug-likeness (QED) is 0.680. The van der Waals surface area contributed by atoms with Crippen LogP contribution in [-0.4, -0.2) is 10.8 Å². The molecular formula is C12H15NO. The monoisotopic (exact) mass is 189 g/mol. The van der Waals surface area contributed by atoms with Crippen LogP contribution in [0.15, 0.2) is 30.5 Å². The molecule has 0 spiro atoms. The molecule has 0 aromatic carbocycles. The second kappa shape index (κ2) is 4.70. The topological polar surface area (TPSA) is 30.0 Å². The van der Waals surface area contributed by atoms with Gasteiger partial charge in [0.1, 0.15) is 0 Å². The van der Waals surface area contributed by atoms with Gasteiger partial charge in [-0.3, -0.25) is 9.78 Å². The third-order valence-corrected chi connectivity index (χ3v) is 2.11. The van der Waals surface area contributed by atoms with Crippen molar-refractivity contribution in [2.75, 3.05) is 0 Å². The largest absolute Gasteiger partial charge is 0.294 e. The van der Waals surface area contributed by atoms with E-state index in [2.05, 4.69) is 18.5 Å². The number of carbonyl (C=O) groups is 1. The van der Waals surface area contributed by atoms with Gasteiger partial charge in [-0.15, -0.1) is 0 Å². The minimum atomic E-state index is 0.0572. The first kappa shape index (κ1) is 10.6. The van der Waals surface area contributed by atoms with Gasteiger partial charge in [0.05, 0.1) is 6.42 Å². The maximum Gasteiger partial charge on any atom is 0.163 e. The zero-order chi connectivity index (χ0) is 10.6. The van der Waals surface area contributed by atoms with Crippen LogP contribution in [0.25, 0.3) is 0 Å². The van der Waals surface area contributed by atoms with E-state index >= 15 is 0 Å². The van der Waals surface area contributed by atoms with Crippen molar-refractivity contribution in [3.05, 3.63) is 41.7 Å². The summed E-state index contributed by atoms with van der Waals surface area (Å²) >= 11 is 0. The minimum Gasteiger partial charge on any atom is -0.294 e. The molecule has 0 N–H and O–H groups in total. The lowest BCUT2D eigenvalue weighted by Crippen LogP contribution is -2.04. The molecule has 74 valence electrons. The maximum absolute atomic E-state index is 11.3. The van der Waals surface area contributed by atoms with Crippen LogP contribution >= 0.6 is 0 Å². The second-order valence-electron chi connectivity index (χ2n) is 3.39. The van der Waals surface area contributed by atoms with E-state index in [0.29, 0.717) is 12.0 Å². The van der Waals surface area contributed by atoms with Gasteiger partial charge in [-0.2, -0.15) is 0 Å². The number of hydrogen-bond donors (Lipinski definition) is 0. The fourth-order valence-electron chi connectivity index (χ4n) is 1.08. The van der Waals surface area contributed by atoms with E-state index in [4.69, 9.17) is 0 Å². The van der Waals surface area contributed by atoms with E-state index in [1.165, 1.54) is 5.56 Å². The third-order valence-electron chi connectivity index (χ3n) is 2.11. The van der Waals surface area contributed by atoms with Crippen LogP contribution in [0.2, 0.25) is 0 Å². The number of Topliss-reactive ketones (excluding diaryl/α,β-unsaturated/α-hetero) is 1. The van der Waals surface area contributed by atoms with Crippen molar-refractivity contribution in [2.45, 2.75) is 26.7 Å². The first-order chi connectivity index (χ1) is 6.63. The van der Waals surface area contributed by atoms with Crippen LogP contribution < -0.4 is 0 Å². The number of aromatic nitrogens is 1. The van der Waals surface area contributed by atoms with Gasteiger partial charge in [-0.25, -0.2) is 0 Å². The molecule has 1 aromatic rings. The lowest BCUT2D eigenvalue weighted by Gasteiger charge is -2.00. The van der Waals surface area contributed by atoms with Crippen LogP contribution in [0.3, 0.4) is 0 Å². The van der Waals surface area contributed by atoms with Gasteiger partial charge in [0.25, 0.3) is 0 Å². The predicted molar refractivity (Wildman–Crippen MR) is 57.1 cm³/mol. The number of carbonyl (C=O) groups excluding carboxylic acids is 1. The van der Waals surface area contributed by atoms with E-state index in [0.717, 1.165) is 12.1 Å². The molecule has 2 heteroatoms. The molecular weight excluding hydrogens is 174 g/mol. The molecule has 0 saturated carbocycles. The molecule has 1 heterocycles. The summed E-state index contributed by atoms with van der Waals surface area (Å²) < 4.78 is 0. The number of hydrogen-bond acceptors (Lipinski definition) is 2. The van der Waals surface area contributed by atoms with Crippen LogP contribution in [0, 0.1) is 0 Å². The van der Waals surface area contributed by atoms with E-state index < -0.39 is 0 Å². The van der Waals surface area contributed by atoms with Crippen LogP contribution in [0.4, 0.5) is 0 Å². The Morgan fingerprint density at radius 3 is 2.64 bits per heavy atom. The molecule has 0 aliphatic rings. The molecule has 0 fully saturated rings. The van der Waals surface area contributed by atoms with E-state index in [-0.39, 0.29) is 5.78 Å². The molecule has 0 bridgehead atoms. The summed E-state index contributed by atoms with van der Waals surface area (Å²) in [6.07, 6.45) is 3.15. The molecule has 0 aliphatic heterocycles. The fourth-order valence-corrected chi connectivity index (χ4v) is 1.08. The normalized spacial score (nSPS) is 9.86. The van der Waals surface area contributed by atoms with E-state index in [1.54, 1.807) is 6.92 Å². The summed E-state index contributed by atoms with van der Waals surface area (Å²) in [5.74, 6) is 0.0572. The molecule has 0 saturated heterocycles. The first-order valence-electron chi connectivity index (χ1n) is 4.76. The number of rotatable bonds is 4. The summed E-state index contributed by atoms with van der Waals surface area (Å²) in [6, 6.07) is 3.91. The number of pyridine rings is 1. The van der Waals surface area contributed by atoms with Gasteiger partial charge in [0, 0.05) is 11.9 Å². The predicted octanol–water partition coefficient (Wildman–Crippen LogP) is 2.33. The molecule has 0 atom stereocenters. The van der Waals surface area contributed by atoms with Gasteiger partial charge < -0.3 is 0 Å². The Labute approximate surface area is 84.7 Å². The molecule has 0 radical (unpaired) electrons.